The lowest BCUT2D eigenvalue weighted by atomic mass is 9.83. The second kappa shape index (κ2) is 5.68. The van der Waals surface area contributed by atoms with Crippen LogP contribution in [0.3, 0.4) is 0 Å². The molecule has 3 heteroatoms. The Balaban J connectivity index is 1.70. The Hall–Kier alpha value is -0.120. The smallest absolute Gasteiger partial charge is 0.0593 e. The molecule has 2 saturated heterocycles. The summed E-state index contributed by atoms with van der Waals surface area (Å²) >= 11 is 0. The molecule has 0 aromatic carbocycles. The van der Waals surface area contributed by atoms with Crippen molar-refractivity contribution in [1.29, 1.82) is 0 Å². The Kier molecular flexibility index (Phi) is 3.99. The van der Waals surface area contributed by atoms with Crippen LogP contribution >= 0.6 is 0 Å². The van der Waals surface area contributed by atoms with E-state index in [9.17, 15) is 0 Å². The highest BCUT2D eigenvalue weighted by molar-refractivity contribution is 4.90. The molecule has 3 nitrogen and oxygen atoms in total. The molecule has 2 heterocycles. The normalized spacial score (nSPS) is 37.4. The Morgan fingerprint density at radius 1 is 1.00 bits per heavy atom. The van der Waals surface area contributed by atoms with Crippen molar-refractivity contribution in [3.05, 3.63) is 0 Å². The minimum absolute atomic E-state index is 0.820. The zero-order valence-electron chi connectivity index (χ0n) is 10.9. The van der Waals surface area contributed by atoms with Gasteiger partial charge in [0.05, 0.1) is 13.2 Å². The second-order valence-electron chi connectivity index (χ2n) is 5.91. The number of piperidine rings is 1. The number of rotatable bonds is 1. The first-order chi connectivity index (χ1) is 8.45. The summed E-state index contributed by atoms with van der Waals surface area (Å²) in [6.45, 7) is 5.56. The van der Waals surface area contributed by atoms with Crippen molar-refractivity contribution in [3.8, 4) is 0 Å². The number of nitrogens with one attached hydrogen (secondary N) is 1. The maximum atomic E-state index is 5.83. The topological polar surface area (TPSA) is 24.5 Å². The van der Waals surface area contributed by atoms with E-state index in [0.29, 0.717) is 0 Å². The third-order valence-electron chi connectivity index (χ3n) is 4.90. The van der Waals surface area contributed by atoms with Gasteiger partial charge in [-0.1, -0.05) is 12.8 Å². The molecule has 2 atom stereocenters. The van der Waals surface area contributed by atoms with Crippen LogP contribution in [-0.2, 0) is 4.74 Å². The fourth-order valence-corrected chi connectivity index (χ4v) is 3.98. The third-order valence-corrected chi connectivity index (χ3v) is 4.90. The Morgan fingerprint density at radius 2 is 1.82 bits per heavy atom. The second-order valence-corrected chi connectivity index (χ2v) is 5.91. The molecule has 98 valence electrons. The summed E-state index contributed by atoms with van der Waals surface area (Å²) in [5.74, 6) is 0.820. The molecular formula is C14H26N2O. The van der Waals surface area contributed by atoms with Crippen molar-refractivity contribution in [1.82, 2.24) is 10.2 Å². The van der Waals surface area contributed by atoms with Crippen molar-refractivity contribution < 1.29 is 4.74 Å². The summed E-state index contributed by atoms with van der Waals surface area (Å²) in [5.41, 5.74) is 0. The molecule has 0 aromatic rings. The van der Waals surface area contributed by atoms with Gasteiger partial charge in [0.25, 0.3) is 0 Å². The van der Waals surface area contributed by atoms with E-state index in [-0.39, 0.29) is 0 Å². The van der Waals surface area contributed by atoms with E-state index < -0.39 is 0 Å². The standard InChI is InChI=1S/C14H26N2O/c1-2-4-14-12(3-1)11-17-10-9-16(14)13-5-7-15-8-6-13/h12-15H,1-11H2/t12-,14+/m0/s1. The lowest BCUT2D eigenvalue weighted by molar-refractivity contribution is 0.0621. The minimum atomic E-state index is 0.820. The summed E-state index contributed by atoms with van der Waals surface area (Å²) in [6, 6.07) is 1.65. The van der Waals surface area contributed by atoms with Gasteiger partial charge in [-0.2, -0.15) is 0 Å². The predicted molar refractivity (Wildman–Crippen MR) is 69.2 cm³/mol. The first kappa shape index (κ1) is 11.9. The lowest BCUT2D eigenvalue weighted by Crippen LogP contribution is -2.51. The Bertz CT molecular complexity index is 240. The van der Waals surface area contributed by atoms with Crippen molar-refractivity contribution in [3.63, 3.8) is 0 Å². The quantitative estimate of drug-likeness (QED) is 0.751. The highest BCUT2D eigenvalue weighted by Gasteiger charge is 2.35. The highest BCUT2D eigenvalue weighted by Crippen LogP contribution is 2.32. The maximum Gasteiger partial charge on any atom is 0.0593 e. The van der Waals surface area contributed by atoms with Crippen molar-refractivity contribution >= 4 is 0 Å². The first-order valence-corrected chi connectivity index (χ1v) is 7.49. The number of nitrogens with zero attached hydrogens (tertiary/aromatic N) is 1. The van der Waals surface area contributed by atoms with Gasteiger partial charge in [-0.25, -0.2) is 0 Å². The fraction of sp³-hybridized carbons (Fsp3) is 1.00. The molecule has 0 spiro atoms. The van der Waals surface area contributed by atoms with Gasteiger partial charge in [0.15, 0.2) is 0 Å². The SMILES string of the molecule is C1CC[C@@H]2[C@@H](C1)COCCN2C1CCNCC1. The van der Waals surface area contributed by atoms with E-state index in [2.05, 4.69) is 10.2 Å². The van der Waals surface area contributed by atoms with E-state index in [1.54, 1.807) is 0 Å². The van der Waals surface area contributed by atoms with Crippen LogP contribution in [0.4, 0.5) is 0 Å². The van der Waals surface area contributed by atoms with Gasteiger partial charge < -0.3 is 10.1 Å². The molecule has 0 aromatic heterocycles. The van der Waals surface area contributed by atoms with Gasteiger partial charge in [0.1, 0.15) is 0 Å². The molecule has 0 amide bonds. The fourth-order valence-electron chi connectivity index (χ4n) is 3.98. The van der Waals surface area contributed by atoms with E-state index >= 15 is 0 Å². The zero-order chi connectivity index (χ0) is 11.5. The molecule has 17 heavy (non-hydrogen) atoms. The Morgan fingerprint density at radius 3 is 2.71 bits per heavy atom. The van der Waals surface area contributed by atoms with Gasteiger partial charge >= 0.3 is 0 Å². The molecular weight excluding hydrogens is 212 g/mol. The lowest BCUT2D eigenvalue weighted by Gasteiger charge is -2.43. The van der Waals surface area contributed by atoms with Gasteiger partial charge in [-0.3, -0.25) is 4.90 Å². The van der Waals surface area contributed by atoms with E-state index in [0.717, 1.165) is 31.2 Å². The van der Waals surface area contributed by atoms with Gasteiger partial charge in [-0.15, -0.1) is 0 Å². The van der Waals surface area contributed by atoms with Crippen molar-refractivity contribution in [2.45, 2.75) is 50.6 Å². The number of ether oxygens (including phenoxy) is 1. The average molecular weight is 238 g/mol. The van der Waals surface area contributed by atoms with E-state index in [1.165, 1.54) is 58.2 Å². The van der Waals surface area contributed by atoms with Crippen LogP contribution in [0.25, 0.3) is 0 Å². The van der Waals surface area contributed by atoms with Crippen LogP contribution < -0.4 is 5.32 Å². The summed E-state index contributed by atoms with van der Waals surface area (Å²) < 4.78 is 5.83. The van der Waals surface area contributed by atoms with E-state index in [4.69, 9.17) is 4.74 Å². The molecule has 1 N–H and O–H groups in total. The first-order valence-electron chi connectivity index (χ1n) is 7.49. The van der Waals surface area contributed by atoms with Crippen LogP contribution in [0.1, 0.15) is 38.5 Å². The van der Waals surface area contributed by atoms with Crippen LogP contribution in [0.2, 0.25) is 0 Å². The molecule has 0 bridgehead atoms. The third kappa shape index (κ3) is 2.67. The summed E-state index contributed by atoms with van der Waals surface area (Å²) in [6.07, 6.45) is 8.34. The van der Waals surface area contributed by atoms with Crippen LogP contribution in [-0.4, -0.2) is 49.8 Å². The van der Waals surface area contributed by atoms with Crippen molar-refractivity contribution in [2.75, 3.05) is 32.8 Å². The molecule has 0 unspecified atom stereocenters. The summed E-state index contributed by atoms with van der Waals surface area (Å²) in [4.78, 5) is 2.82. The number of fused-ring (bicyclic) bond motifs is 1. The summed E-state index contributed by atoms with van der Waals surface area (Å²) in [5, 5.41) is 3.48. The molecule has 1 aliphatic carbocycles. The maximum absolute atomic E-state index is 5.83. The molecule has 1 saturated carbocycles. The molecule has 3 aliphatic rings. The summed E-state index contributed by atoms with van der Waals surface area (Å²) in [7, 11) is 0. The minimum Gasteiger partial charge on any atom is -0.380 e. The van der Waals surface area contributed by atoms with Crippen LogP contribution in [0.5, 0.6) is 0 Å². The van der Waals surface area contributed by atoms with Crippen LogP contribution in [0.15, 0.2) is 0 Å². The van der Waals surface area contributed by atoms with E-state index in [1.807, 2.05) is 0 Å². The molecule has 2 aliphatic heterocycles. The monoisotopic (exact) mass is 238 g/mol. The van der Waals surface area contributed by atoms with Crippen LogP contribution in [0, 0.1) is 5.92 Å². The molecule has 3 fully saturated rings. The molecule has 3 rings (SSSR count). The van der Waals surface area contributed by atoms with Gasteiger partial charge in [0, 0.05) is 18.6 Å². The average Bonchev–Trinajstić information content (AvgIpc) is 2.62. The molecule has 0 radical (unpaired) electrons. The largest absolute Gasteiger partial charge is 0.380 e. The van der Waals surface area contributed by atoms with Gasteiger partial charge in [0.2, 0.25) is 0 Å². The highest BCUT2D eigenvalue weighted by atomic mass is 16.5. The number of hydrogen-bond donors (Lipinski definition) is 1. The zero-order valence-corrected chi connectivity index (χ0v) is 10.9. The number of hydrogen-bond acceptors (Lipinski definition) is 3. The predicted octanol–water partition coefficient (Wildman–Crippen LogP) is 1.63. The van der Waals surface area contributed by atoms with Gasteiger partial charge in [-0.05, 0) is 44.7 Å². The van der Waals surface area contributed by atoms with Crippen molar-refractivity contribution in [2.24, 2.45) is 5.92 Å². The Labute approximate surface area is 105 Å².